The maximum atomic E-state index is 10.2. The third kappa shape index (κ3) is 5.36. The molecule has 0 aliphatic carbocycles. The average molecular weight is 330 g/mol. The van der Waals surface area contributed by atoms with Crippen molar-refractivity contribution >= 4 is 11.3 Å². The van der Waals surface area contributed by atoms with Crippen molar-refractivity contribution in [2.45, 2.75) is 38.5 Å². The molecular weight excluding hydrogens is 308 g/mol. The van der Waals surface area contributed by atoms with Crippen molar-refractivity contribution in [2.24, 2.45) is 0 Å². The second kappa shape index (κ2) is 8.68. The topological polar surface area (TPSA) is 65.3 Å². The highest BCUT2D eigenvalue weighted by Crippen LogP contribution is 2.24. The third-order valence-electron chi connectivity index (χ3n) is 3.67. The van der Waals surface area contributed by atoms with Crippen LogP contribution in [0, 0.1) is 11.3 Å². The zero-order valence-corrected chi connectivity index (χ0v) is 14.2. The quantitative estimate of drug-likeness (QED) is 0.772. The minimum absolute atomic E-state index is 0.0603. The molecule has 0 amide bonds. The second-order valence-corrected chi connectivity index (χ2v) is 6.55. The van der Waals surface area contributed by atoms with Crippen LogP contribution in [-0.4, -0.2) is 17.8 Å². The predicted octanol–water partition coefficient (Wildman–Crippen LogP) is 3.81. The Hall–Kier alpha value is -1.87. The van der Waals surface area contributed by atoms with Gasteiger partial charge in [-0.15, -0.1) is 11.3 Å². The fraction of sp³-hybridized carbons (Fsp3) is 0.389. The first kappa shape index (κ1) is 17.5. The van der Waals surface area contributed by atoms with E-state index in [1.807, 2.05) is 47.8 Å². The Balaban J connectivity index is 1.85. The Bertz CT molecular complexity index is 619. The normalized spacial score (nSPS) is 14.7. The molecule has 0 aliphatic heterocycles. The summed E-state index contributed by atoms with van der Waals surface area (Å²) in [6, 6.07) is 14.0. The molecule has 0 aliphatic rings. The highest BCUT2D eigenvalue weighted by molar-refractivity contribution is 7.10. The fourth-order valence-electron chi connectivity index (χ4n) is 2.49. The van der Waals surface area contributed by atoms with Gasteiger partial charge in [-0.2, -0.15) is 5.26 Å². The summed E-state index contributed by atoms with van der Waals surface area (Å²) in [5.41, 5.74) is 1.15. The minimum atomic E-state index is -0.425. The molecule has 0 saturated carbocycles. The number of aliphatic hydroxyl groups is 1. The molecule has 3 unspecified atom stereocenters. The van der Waals surface area contributed by atoms with Crippen molar-refractivity contribution < 1.29 is 9.84 Å². The molecule has 5 heteroatoms. The third-order valence-corrected chi connectivity index (χ3v) is 4.64. The van der Waals surface area contributed by atoms with Gasteiger partial charge in [0, 0.05) is 17.0 Å². The number of hydrogen-bond donors (Lipinski definition) is 2. The second-order valence-electron chi connectivity index (χ2n) is 5.57. The van der Waals surface area contributed by atoms with Gasteiger partial charge >= 0.3 is 0 Å². The van der Waals surface area contributed by atoms with Gasteiger partial charge in [0.2, 0.25) is 0 Å². The Morgan fingerprint density at radius 3 is 2.61 bits per heavy atom. The maximum Gasteiger partial charge on any atom is 0.174 e. The number of ether oxygens (including phenoxy) is 1. The number of benzene rings is 1. The molecule has 4 nitrogen and oxygen atoms in total. The number of nitrogens with zero attached hydrogens (tertiary/aromatic N) is 1. The molecule has 1 aromatic heterocycles. The van der Waals surface area contributed by atoms with Crippen molar-refractivity contribution in [1.82, 2.24) is 5.32 Å². The van der Waals surface area contributed by atoms with Crippen LogP contribution in [0.4, 0.5) is 0 Å². The van der Waals surface area contributed by atoms with Crippen LogP contribution in [0.1, 0.15) is 42.9 Å². The number of aliphatic hydroxyl groups excluding tert-OH is 1. The van der Waals surface area contributed by atoms with E-state index in [1.54, 1.807) is 11.3 Å². The fourth-order valence-corrected chi connectivity index (χ4v) is 3.22. The summed E-state index contributed by atoms with van der Waals surface area (Å²) in [7, 11) is 0. The molecule has 2 aromatic rings. The molecule has 122 valence electrons. The maximum absolute atomic E-state index is 10.2. The summed E-state index contributed by atoms with van der Waals surface area (Å²) in [6.45, 7) is 4.24. The Labute approximate surface area is 141 Å². The van der Waals surface area contributed by atoms with E-state index in [0.717, 1.165) is 10.4 Å². The van der Waals surface area contributed by atoms with Crippen molar-refractivity contribution in [3.8, 4) is 11.8 Å². The molecule has 0 fully saturated rings. The van der Waals surface area contributed by atoms with E-state index in [1.165, 1.54) is 0 Å². The van der Waals surface area contributed by atoms with E-state index in [-0.39, 0.29) is 18.7 Å². The van der Waals surface area contributed by atoms with Crippen LogP contribution in [0.5, 0.6) is 5.75 Å². The Morgan fingerprint density at radius 1 is 1.26 bits per heavy atom. The van der Waals surface area contributed by atoms with Gasteiger partial charge in [-0.25, -0.2) is 0 Å². The molecule has 0 saturated heterocycles. The number of hydrogen-bond acceptors (Lipinski definition) is 5. The van der Waals surface area contributed by atoms with Gasteiger partial charge in [-0.1, -0.05) is 18.2 Å². The Morgan fingerprint density at radius 2 is 2.00 bits per heavy atom. The van der Waals surface area contributed by atoms with Gasteiger partial charge in [0.1, 0.15) is 11.8 Å². The molecule has 2 N–H and O–H groups in total. The smallest absolute Gasteiger partial charge is 0.174 e. The molecule has 1 aromatic carbocycles. The van der Waals surface area contributed by atoms with Crippen LogP contribution in [0.15, 0.2) is 41.8 Å². The summed E-state index contributed by atoms with van der Waals surface area (Å²) in [5, 5.41) is 24.2. The average Bonchev–Trinajstić information content (AvgIpc) is 3.07. The summed E-state index contributed by atoms with van der Waals surface area (Å²) < 4.78 is 5.25. The molecule has 3 atom stereocenters. The first-order chi connectivity index (χ1) is 11.1. The van der Waals surface area contributed by atoms with Crippen LogP contribution in [0.25, 0.3) is 0 Å². The zero-order chi connectivity index (χ0) is 16.7. The van der Waals surface area contributed by atoms with Gasteiger partial charge in [0.25, 0.3) is 0 Å². The molecule has 1 heterocycles. The van der Waals surface area contributed by atoms with Crippen LogP contribution < -0.4 is 10.1 Å². The van der Waals surface area contributed by atoms with Gasteiger partial charge in [0.05, 0.1) is 6.10 Å². The van der Waals surface area contributed by atoms with Gasteiger partial charge in [-0.3, -0.25) is 0 Å². The van der Waals surface area contributed by atoms with E-state index in [2.05, 4.69) is 19.2 Å². The van der Waals surface area contributed by atoms with Gasteiger partial charge in [-0.05, 0) is 49.4 Å². The van der Waals surface area contributed by atoms with E-state index in [0.29, 0.717) is 12.2 Å². The number of thiophene rings is 1. The zero-order valence-electron chi connectivity index (χ0n) is 13.4. The largest absolute Gasteiger partial charge is 0.479 e. The van der Waals surface area contributed by atoms with E-state index in [4.69, 9.17) is 10.00 Å². The van der Waals surface area contributed by atoms with Gasteiger partial charge in [0.15, 0.2) is 6.61 Å². The van der Waals surface area contributed by atoms with Crippen molar-refractivity contribution in [1.29, 1.82) is 5.26 Å². The first-order valence-electron chi connectivity index (χ1n) is 7.67. The molecule has 0 bridgehead atoms. The minimum Gasteiger partial charge on any atom is -0.479 e. The summed E-state index contributed by atoms with van der Waals surface area (Å²) in [5.74, 6) is 0.698. The standard InChI is InChI=1S/C18H22N2O2S/c1-13(12-17(21)18-4-3-11-23-18)20-14(2)15-5-7-16(8-6-15)22-10-9-19/h3-8,11,13-14,17,20-21H,10,12H2,1-2H3. The van der Waals surface area contributed by atoms with Crippen LogP contribution in [0.3, 0.4) is 0 Å². The molecule has 2 rings (SSSR count). The van der Waals surface area contributed by atoms with Crippen molar-refractivity contribution in [3.63, 3.8) is 0 Å². The van der Waals surface area contributed by atoms with Gasteiger partial charge < -0.3 is 15.2 Å². The SMILES string of the molecule is CC(CC(O)c1cccs1)NC(C)c1ccc(OCC#N)cc1. The van der Waals surface area contributed by atoms with E-state index >= 15 is 0 Å². The molecule has 0 spiro atoms. The first-order valence-corrected chi connectivity index (χ1v) is 8.55. The van der Waals surface area contributed by atoms with E-state index in [9.17, 15) is 5.11 Å². The highest BCUT2D eigenvalue weighted by Gasteiger charge is 2.15. The number of nitriles is 1. The number of rotatable bonds is 8. The lowest BCUT2D eigenvalue weighted by Crippen LogP contribution is -2.30. The summed E-state index contributed by atoms with van der Waals surface area (Å²) in [4.78, 5) is 1.00. The van der Waals surface area contributed by atoms with Crippen molar-refractivity contribution in [3.05, 3.63) is 52.2 Å². The Kier molecular flexibility index (Phi) is 6.60. The predicted molar refractivity (Wildman–Crippen MR) is 92.5 cm³/mol. The van der Waals surface area contributed by atoms with Crippen molar-refractivity contribution in [2.75, 3.05) is 6.61 Å². The van der Waals surface area contributed by atoms with Crippen LogP contribution in [-0.2, 0) is 0 Å². The lowest BCUT2D eigenvalue weighted by atomic mass is 10.0. The lowest BCUT2D eigenvalue weighted by Gasteiger charge is -2.22. The molecule has 23 heavy (non-hydrogen) atoms. The molecule has 0 radical (unpaired) electrons. The van der Waals surface area contributed by atoms with E-state index < -0.39 is 6.10 Å². The highest BCUT2D eigenvalue weighted by atomic mass is 32.1. The lowest BCUT2D eigenvalue weighted by molar-refractivity contribution is 0.155. The van der Waals surface area contributed by atoms with Crippen LogP contribution >= 0.6 is 11.3 Å². The van der Waals surface area contributed by atoms with Crippen LogP contribution in [0.2, 0.25) is 0 Å². The summed E-state index contributed by atoms with van der Waals surface area (Å²) >= 11 is 1.58. The monoisotopic (exact) mass is 330 g/mol. The molecular formula is C18H22N2O2S. The summed E-state index contributed by atoms with van der Waals surface area (Å²) in [6.07, 6.45) is 0.250. The number of nitrogens with one attached hydrogen (secondary N) is 1.